The lowest BCUT2D eigenvalue weighted by atomic mass is 10.1. The number of carbonyl (C=O) groups excluding carboxylic acids is 1. The van der Waals surface area contributed by atoms with Gasteiger partial charge in [-0.1, -0.05) is 18.5 Å². The van der Waals surface area contributed by atoms with E-state index in [4.69, 9.17) is 16.7 Å². The minimum atomic E-state index is -0.934. The number of nitrogens with one attached hydrogen (secondary N) is 1. The molecule has 0 aliphatic rings. The second-order valence-electron chi connectivity index (χ2n) is 3.46. The first-order chi connectivity index (χ1) is 7.50. The Labute approximate surface area is 98.2 Å². The highest BCUT2D eigenvalue weighted by Crippen LogP contribution is 2.09. The monoisotopic (exact) mass is 241 g/mol. The molecule has 0 radical (unpaired) electrons. The Morgan fingerprint density at radius 2 is 1.94 bits per heavy atom. The van der Waals surface area contributed by atoms with Crippen LogP contribution in [0.5, 0.6) is 0 Å². The molecule has 0 spiro atoms. The summed E-state index contributed by atoms with van der Waals surface area (Å²) in [7, 11) is 0. The van der Waals surface area contributed by atoms with Gasteiger partial charge in [0.05, 0.1) is 5.92 Å². The maximum absolute atomic E-state index is 11.5. The molecular formula is C11H12ClNO3. The van der Waals surface area contributed by atoms with Gasteiger partial charge in [0.1, 0.15) is 0 Å². The van der Waals surface area contributed by atoms with Crippen molar-refractivity contribution in [2.75, 3.05) is 6.54 Å². The van der Waals surface area contributed by atoms with Crippen molar-refractivity contribution in [1.82, 2.24) is 5.32 Å². The van der Waals surface area contributed by atoms with E-state index >= 15 is 0 Å². The van der Waals surface area contributed by atoms with Gasteiger partial charge in [-0.25, -0.2) is 0 Å². The number of carboxylic acids is 1. The molecule has 1 atom stereocenters. The average molecular weight is 242 g/mol. The van der Waals surface area contributed by atoms with Crippen LogP contribution in [0.15, 0.2) is 24.3 Å². The highest BCUT2D eigenvalue weighted by molar-refractivity contribution is 6.30. The Kier molecular flexibility index (Phi) is 4.31. The zero-order valence-corrected chi connectivity index (χ0v) is 9.49. The highest BCUT2D eigenvalue weighted by atomic mass is 35.5. The zero-order valence-electron chi connectivity index (χ0n) is 8.74. The molecule has 0 aliphatic heterocycles. The SMILES string of the molecule is CC(CNC(=O)c1ccc(Cl)cc1)C(=O)O. The van der Waals surface area contributed by atoms with Crippen LogP contribution in [0.4, 0.5) is 0 Å². The normalized spacial score (nSPS) is 11.9. The maximum Gasteiger partial charge on any atom is 0.308 e. The summed E-state index contributed by atoms with van der Waals surface area (Å²) in [5.74, 6) is -1.84. The average Bonchev–Trinajstić information content (AvgIpc) is 2.26. The molecule has 0 bridgehead atoms. The molecule has 0 heterocycles. The lowest BCUT2D eigenvalue weighted by Gasteiger charge is -2.08. The molecule has 0 aromatic heterocycles. The van der Waals surface area contributed by atoms with E-state index < -0.39 is 11.9 Å². The van der Waals surface area contributed by atoms with Gasteiger partial charge in [0.15, 0.2) is 0 Å². The third kappa shape index (κ3) is 3.55. The van der Waals surface area contributed by atoms with Crippen molar-refractivity contribution < 1.29 is 14.7 Å². The number of rotatable bonds is 4. The Morgan fingerprint density at radius 3 is 2.44 bits per heavy atom. The van der Waals surface area contributed by atoms with Crippen LogP contribution in [-0.4, -0.2) is 23.5 Å². The van der Waals surface area contributed by atoms with Crippen LogP contribution in [0.25, 0.3) is 0 Å². The Morgan fingerprint density at radius 1 is 1.38 bits per heavy atom. The van der Waals surface area contributed by atoms with Crippen LogP contribution >= 0.6 is 11.6 Å². The van der Waals surface area contributed by atoms with Gasteiger partial charge in [0.2, 0.25) is 0 Å². The first-order valence-electron chi connectivity index (χ1n) is 4.77. The van der Waals surface area contributed by atoms with Gasteiger partial charge in [-0.15, -0.1) is 0 Å². The van der Waals surface area contributed by atoms with E-state index in [9.17, 15) is 9.59 Å². The molecule has 1 aromatic rings. The van der Waals surface area contributed by atoms with E-state index in [0.29, 0.717) is 10.6 Å². The number of halogens is 1. The van der Waals surface area contributed by atoms with Crippen molar-refractivity contribution in [3.05, 3.63) is 34.9 Å². The minimum Gasteiger partial charge on any atom is -0.481 e. The standard InChI is InChI=1S/C11H12ClNO3/c1-7(11(15)16)6-13-10(14)8-2-4-9(12)5-3-8/h2-5,7H,6H2,1H3,(H,13,14)(H,15,16). The summed E-state index contributed by atoms with van der Waals surface area (Å²) >= 11 is 5.68. The molecule has 4 nitrogen and oxygen atoms in total. The third-order valence-corrected chi connectivity index (χ3v) is 2.35. The first kappa shape index (κ1) is 12.5. The Hall–Kier alpha value is -1.55. The highest BCUT2D eigenvalue weighted by Gasteiger charge is 2.12. The zero-order chi connectivity index (χ0) is 12.1. The molecule has 2 N–H and O–H groups in total. The van der Waals surface area contributed by atoms with Crippen molar-refractivity contribution in [1.29, 1.82) is 0 Å². The molecule has 0 aliphatic carbocycles. The van der Waals surface area contributed by atoms with E-state index in [0.717, 1.165) is 0 Å². The molecule has 16 heavy (non-hydrogen) atoms. The molecule has 0 saturated heterocycles. The fraction of sp³-hybridized carbons (Fsp3) is 0.273. The molecule has 0 fully saturated rings. The molecule has 86 valence electrons. The molecule has 1 unspecified atom stereocenters. The molecule has 1 rings (SSSR count). The fourth-order valence-electron chi connectivity index (χ4n) is 1.04. The molecule has 0 saturated carbocycles. The summed E-state index contributed by atoms with van der Waals surface area (Å²) < 4.78 is 0. The smallest absolute Gasteiger partial charge is 0.308 e. The number of carbonyl (C=O) groups is 2. The number of benzene rings is 1. The summed E-state index contributed by atoms with van der Waals surface area (Å²) in [6.45, 7) is 1.64. The van der Waals surface area contributed by atoms with E-state index in [2.05, 4.69) is 5.32 Å². The van der Waals surface area contributed by atoms with E-state index in [-0.39, 0.29) is 12.5 Å². The number of carboxylic acid groups (broad SMARTS) is 1. The Bertz CT molecular complexity index is 389. The Balaban J connectivity index is 2.53. The molecular weight excluding hydrogens is 230 g/mol. The van der Waals surface area contributed by atoms with Gasteiger partial charge in [0, 0.05) is 17.1 Å². The van der Waals surface area contributed by atoms with Gasteiger partial charge < -0.3 is 10.4 Å². The minimum absolute atomic E-state index is 0.108. The van der Waals surface area contributed by atoms with Gasteiger partial charge in [-0.2, -0.15) is 0 Å². The van der Waals surface area contributed by atoms with Crippen molar-refractivity contribution in [3.8, 4) is 0 Å². The van der Waals surface area contributed by atoms with Crippen molar-refractivity contribution in [2.24, 2.45) is 5.92 Å². The third-order valence-electron chi connectivity index (χ3n) is 2.10. The lowest BCUT2D eigenvalue weighted by Crippen LogP contribution is -2.31. The van der Waals surface area contributed by atoms with Gasteiger partial charge >= 0.3 is 5.97 Å². The summed E-state index contributed by atoms with van der Waals surface area (Å²) in [5, 5.41) is 11.7. The number of aliphatic carboxylic acids is 1. The van der Waals surface area contributed by atoms with Crippen molar-refractivity contribution in [2.45, 2.75) is 6.92 Å². The fourth-order valence-corrected chi connectivity index (χ4v) is 1.16. The summed E-state index contributed by atoms with van der Waals surface area (Å²) in [6.07, 6.45) is 0. The van der Waals surface area contributed by atoms with Crippen LogP contribution in [0.2, 0.25) is 5.02 Å². The molecule has 1 aromatic carbocycles. The van der Waals surface area contributed by atoms with Crippen LogP contribution in [0.3, 0.4) is 0 Å². The van der Waals surface area contributed by atoms with Crippen LogP contribution in [0, 0.1) is 5.92 Å². The molecule has 1 amide bonds. The second-order valence-corrected chi connectivity index (χ2v) is 3.89. The number of hydrogen-bond acceptors (Lipinski definition) is 2. The van der Waals surface area contributed by atoms with Crippen LogP contribution in [0.1, 0.15) is 17.3 Å². The summed E-state index contributed by atoms with van der Waals surface area (Å²) in [6, 6.07) is 6.39. The first-order valence-corrected chi connectivity index (χ1v) is 5.15. The van der Waals surface area contributed by atoms with Crippen molar-refractivity contribution >= 4 is 23.5 Å². The van der Waals surface area contributed by atoms with Crippen LogP contribution in [-0.2, 0) is 4.79 Å². The molecule has 5 heteroatoms. The van der Waals surface area contributed by atoms with E-state index in [1.165, 1.54) is 6.92 Å². The predicted octanol–water partition coefficient (Wildman–Crippen LogP) is 1.79. The van der Waals surface area contributed by atoms with E-state index in [1.54, 1.807) is 24.3 Å². The van der Waals surface area contributed by atoms with Gasteiger partial charge in [-0.05, 0) is 24.3 Å². The number of amides is 1. The predicted molar refractivity (Wildman–Crippen MR) is 60.6 cm³/mol. The second kappa shape index (κ2) is 5.51. The quantitative estimate of drug-likeness (QED) is 0.845. The lowest BCUT2D eigenvalue weighted by molar-refractivity contribution is -0.140. The maximum atomic E-state index is 11.5. The van der Waals surface area contributed by atoms with Gasteiger partial charge in [0.25, 0.3) is 5.91 Å². The summed E-state index contributed by atoms with van der Waals surface area (Å²) in [5.41, 5.74) is 0.460. The largest absolute Gasteiger partial charge is 0.481 e. The van der Waals surface area contributed by atoms with Crippen molar-refractivity contribution in [3.63, 3.8) is 0 Å². The topological polar surface area (TPSA) is 66.4 Å². The van der Waals surface area contributed by atoms with Crippen LogP contribution < -0.4 is 5.32 Å². The van der Waals surface area contributed by atoms with E-state index in [1.807, 2.05) is 0 Å². The number of hydrogen-bond donors (Lipinski definition) is 2. The van der Waals surface area contributed by atoms with Gasteiger partial charge in [-0.3, -0.25) is 9.59 Å². The summed E-state index contributed by atoms with van der Waals surface area (Å²) in [4.78, 5) is 22.1.